The van der Waals surface area contributed by atoms with Gasteiger partial charge in [0.2, 0.25) is 11.8 Å². The minimum absolute atomic E-state index is 0.0771. The maximum Gasteiger partial charge on any atom is 0.302 e. The summed E-state index contributed by atoms with van der Waals surface area (Å²) in [5.74, 6) is -1.32. The van der Waals surface area contributed by atoms with Crippen molar-refractivity contribution in [2.75, 3.05) is 37.8 Å². The average molecular weight is 518 g/mol. The molecule has 1 unspecified atom stereocenters. The van der Waals surface area contributed by atoms with Crippen LogP contribution in [0.25, 0.3) is 0 Å². The zero-order chi connectivity index (χ0) is 26.2. The zero-order valence-corrected chi connectivity index (χ0v) is 20.8. The third-order valence-electron chi connectivity index (χ3n) is 5.38. The summed E-state index contributed by atoms with van der Waals surface area (Å²) < 4.78 is 10.3. The van der Waals surface area contributed by atoms with Gasteiger partial charge in [0.15, 0.2) is 0 Å². The predicted molar refractivity (Wildman–Crippen MR) is 132 cm³/mol. The van der Waals surface area contributed by atoms with Gasteiger partial charge in [-0.1, -0.05) is 29.8 Å². The van der Waals surface area contributed by atoms with Crippen LogP contribution in [0.5, 0.6) is 5.75 Å². The van der Waals surface area contributed by atoms with Gasteiger partial charge in [0.25, 0.3) is 5.91 Å². The molecule has 0 bridgehead atoms. The number of esters is 1. The third-order valence-corrected chi connectivity index (χ3v) is 5.69. The molecule has 2 aromatic carbocycles. The number of hydrogen-bond donors (Lipinski definition) is 2. The molecule has 3 amide bonds. The van der Waals surface area contributed by atoms with Crippen LogP contribution in [0.3, 0.4) is 0 Å². The maximum absolute atomic E-state index is 13.5. The Kier molecular flexibility index (Phi) is 9.26. The molecule has 0 spiro atoms. The van der Waals surface area contributed by atoms with Crippen molar-refractivity contribution in [1.82, 2.24) is 10.2 Å². The Morgan fingerprint density at radius 1 is 1.14 bits per heavy atom. The summed E-state index contributed by atoms with van der Waals surface area (Å²) in [5, 5.41) is 11.9. The van der Waals surface area contributed by atoms with E-state index in [0.29, 0.717) is 17.0 Å². The van der Waals surface area contributed by atoms with Crippen LogP contribution in [0.2, 0.25) is 5.02 Å². The number of para-hydroxylation sites is 1. The quantitative estimate of drug-likeness (QED) is 0.383. The number of anilines is 1. The van der Waals surface area contributed by atoms with E-state index in [1.807, 2.05) is 0 Å². The second-order valence-electron chi connectivity index (χ2n) is 8.25. The van der Waals surface area contributed by atoms with Crippen molar-refractivity contribution in [3.63, 3.8) is 0 Å². The van der Waals surface area contributed by atoms with Gasteiger partial charge in [-0.25, -0.2) is 0 Å². The molecule has 1 heterocycles. The molecule has 192 valence electrons. The van der Waals surface area contributed by atoms with Crippen LogP contribution in [0, 0.1) is 0 Å². The summed E-state index contributed by atoms with van der Waals surface area (Å²) >= 11 is 6.39. The van der Waals surface area contributed by atoms with Crippen LogP contribution in [0.4, 0.5) is 5.69 Å². The van der Waals surface area contributed by atoms with Crippen LogP contribution in [0.15, 0.2) is 42.5 Å². The number of aliphatic hydroxyl groups is 1. The number of halogens is 1. The summed E-state index contributed by atoms with van der Waals surface area (Å²) in [6.07, 6.45) is 0. The first-order valence-corrected chi connectivity index (χ1v) is 11.7. The average Bonchev–Trinajstić information content (AvgIpc) is 2.97. The van der Waals surface area contributed by atoms with Crippen LogP contribution < -0.4 is 15.0 Å². The van der Waals surface area contributed by atoms with Crippen molar-refractivity contribution in [1.29, 1.82) is 0 Å². The normalized spacial score (nSPS) is 13.9. The van der Waals surface area contributed by atoms with E-state index in [2.05, 4.69) is 5.32 Å². The molecule has 1 aliphatic heterocycles. The molecule has 3 rings (SSSR count). The molecule has 0 fully saturated rings. The topological polar surface area (TPSA) is 125 Å². The van der Waals surface area contributed by atoms with Crippen molar-refractivity contribution in [3.8, 4) is 5.75 Å². The number of nitrogens with zero attached hydrogens (tertiary/aromatic N) is 2. The van der Waals surface area contributed by atoms with Gasteiger partial charge in [-0.05, 0) is 36.8 Å². The Hall–Kier alpha value is -3.63. The van der Waals surface area contributed by atoms with E-state index in [1.165, 1.54) is 28.9 Å². The number of carbonyl (C=O) groups excluding carboxylic acids is 4. The standard InChI is InChI=1S/C25H28ClN3O7/c1-16(15-30)27-23(32)13-28-12-18-5-3-4-6-22(18)29(14-24(28)33)25(34)20-8-7-19(11-21(20)26)36-10-9-35-17(2)31/h3-8,11,16,30H,9-10,12-15H2,1-2H3,(H,27,32). The second-order valence-corrected chi connectivity index (χ2v) is 8.66. The lowest BCUT2D eigenvalue weighted by atomic mass is 10.1. The molecule has 0 radical (unpaired) electrons. The van der Waals surface area contributed by atoms with Crippen LogP contribution in [-0.2, 0) is 25.7 Å². The zero-order valence-electron chi connectivity index (χ0n) is 20.0. The first kappa shape index (κ1) is 27.0. The SMILES string of the molecule is CC(=O)OCCOc1ccc(C(=O)N2CC(=O)N(CC(=O)NC(C)CO)Cc3ccccc32)c(Cl)c1. The Bertz CT molecular complexity index is 1140. The highest BCUT2D eigenvalue weighted by atomic mass is 35.5. The molecule has 10 nitrogen and oxygen atoms in total. The number of nitrogens with one attached hydrogen (secondary N) is 1. The fourth-order valence-electron chi connectivity index (χ4n) is 3.64. The molecule has 0 saturated carbocycles. The van der Waals surface area contributed by atoms with Crippen LogP contribution in [0.1, 0.15) is 29.8 Å². The van der Waals surface area contributed by atoms with E-state index in [0.717, 1.165) is 0 Å². The maximum atomic E-state index is 13.5. The molecule has 11 heteroatoms. The second kappa shape index (κ2) is 12.4. The van der Waals surface area contributed by atoms with Crippen LogP contribution in [-0.4, -0.2) is 72.6 Å². The van der Waals surface area contributed by atoms with Gasteiger partial charge in [-0.3, -0.25) is 24.1 Å². The van der Waals surface area contributed by atoms with Crippen molar-refractivity contribution in [2.24, 2.45) is 0 Å². The van der Waals surface area contributed by atoms with E-state index in [1.54, 1.807) is 37.3 Å². The molecular weight excluding hydrogens is 490 g/mol. The lowest BCUT2D eigenvalue weighted by Crippen LogP contribution is -2.46. The predicted octanol–water partition coefficient (Wildman–Crippen LogP) is 1.77. The summed E-state index contributed by atoms with van der Waals surface area (Å²) in [6.45, 7) is 2.58. The van der Waals surface area contributed by atoms with Crippen molar-refractivity contribution in [3.05, 3.63) is 58.6 Å². The van der Waals surface area contributed by atoms with E-state index >= 15 is 0 Å². The third kappa shape index (κ3) is 6.96. The fourth-order valence-corrected chi connectivity index (χ4v) is 3.89. The van der Waals surface area contributed by atoms with E-state index < -0.39 is 29.7 Å². The highest BCUT2D eigenvalue weighted by Gasteiger charge is 2.31. The van der Waals surface area contributed by atoms with Gasteiger partial charge >= 0.3 is 5.97 Å². The number of aliphatic hydroxyl groups excluding tert-OH is 1. The number of ether oxygens (including phenoxy) is 2. The molecule has 0 aliphatic carbocycles. The summed E-state index contributed by atoms with van der Waals surface area (Å²) in [6, 6.07) is 11.2. The van der Waals surface area contributed by atoms with Gasteiger partial charge in [-0.15, -0.1) is 0 Å². The minimum Gasteiger partial charge on any atom is -0.490 e. The number of rotatable bonds is 9. The minimum atomic E-state index is -0.479. The summed E-state index contributed by atoms with van der Waals surface area (Å²) in [5.41, 5.74) is 1.41. The monoisotopic (exact) mass is 517 g/mol. The Labute approximate surface area is 213 Å². The largest absolute Gasteiger partial charge is 0.490 e. The Morgan fingerprint density at radius 2 is 1.89 bits per heavy atom. The first-order chi connectivity index (χ1) is 17.2. The van der Waals surface area contributed by atoms with Gasteiger partial charge in [-0.2, -0.15) is 0 Å². The highest BCUT2D eigenvalue weighted by molar-refractivity contribution is 6.34. The lowest BCUT2D eigenvalue weighted by molar-refractivity contribution is -0.141. The summed E-state index contributed by atoms with van der Waals surface area (Å²) in [7, 11) is 0. The van der Waals surface area contributed by atoms with E-state index in [4.69, 9.17) is 26.2 Å². The molecule has 0 saturated heterocycles. The first-order valence-electron chi connectivity index (χ1n) is 11.3. The van der Waals surface area contributed by atoms with Gasteiger partial charge in [0.1, 0.15) is 25.5 Å². The van der Waals surface area contributed by atoms with Crippen molar-refractivity contribution >= 4 is 41.0 Å². The molecule has 1 atom stereocenters. The molecule has 2 N–H and O–H groups in total. The number of carbonyl (C=O) groups is 4. The number of benzene rings is 2. The Morgan fingerprint density at radius 3 is 2.58 bits per heavy atom. The molecular formula is C25H28ClN3O7. The smallest absolute Gasteiger partial charge is 0.302 e. The van der Waals surface area contributed by atoms with Crippen LogP contribution >= 0.6 is 11.6 Å². The van der Waals surface area contributed by atoms with Crippen molar-refractivity contribution in [2.45, 2.75) is 26.4 Å². The van der Waals surface area contributed by atoms with Gasteiger partial charge < -0.3 is 24.8 Å². The Balaban J connectivity index is 1.78. The molecule has 2 aromatic rings. The van der Waals surface area contributed by atoms with E-state index in [-0.39, 0.29) is 50.0 Å². The summed E-state index contributed by atoms with van der Waals surface area (Å²) in [4.78, 5) is 52.5. The highest BCUT2D eigenvalue weighted by Crippen LogP contribution is 2.30. The lowest BCUT2D eigenvalue weighted by Gasteiger charge is -2.23. The number of fused-ring (bicyclic) bond motifs is 1. The fraction of sp³-hybridized carbons (Fsp3) is 0.360. The van der Waals surface area contributed by atoms with E-state index in [9.17, 15) is 19.2 Å². The van der Waals surface area contributed by atoms with Gasteiger partial charge in [0.05, 0.1) is 23.7 Å². The van der Waals surface area contributed by atoms with Gasteiger partial charge in [0, 0.05) is 25.2 Å². The molecule has 36 heavy (non-hydrogen) atoms. The molecule has 1 aliphatic rings. The number of amides is 3. The number of hydrogen-bond acceptors (Lipinski definition) is 7. The molecule has 0 aromatic heterocycles. The van der Waals surface area contributed by atoms with Crippen molar-refractivity contribution < 1.29 is 33.8 Å².